The third-order valence-corrected chi connectivity index (χ3v) is 2.50. The van der Waals surface area contributed by atoms with Crippen molar-refractivity contribution in [3.8, 4) is 0 Å². The molecule has 1 atom stereocenters. The van der Waals surface area contributed by atoms with Crippen LogP contribution < -0.4 is 9.86 Å². The van der Waals surface area contributed by atoms with Gasteiger partial charge in [0.05, 0.1) is 6.26 Å². The first kappa shape index (κ1) is 11.2. The van der Waals surface area contributed by atoms with Crippen LogP contribution in [0.5, 0.6) is 0 Å². The molecule has 1 aromatic rings. The Labute approximate surface area is 83.5 Å². The normalized spacial score (nSPS) is 14.1. The van der Waals surface area contributed by atoms with Gasteiger partial charge in [-0.25, -0.2) is 5.14 Å². The summed E-state index contributed by atoms with van der Waals surface area (Å²) in [5.74, 6) is 0.841. The minimum absolute atomic E-state index is 0.185. The molecule has 0 amide bonds. The molecule has 0 spiro atoms. The van der Waals surface area contributed by atoms with Crippen molar-refractivity contribution in [2.45, 2.75) is 25.8 Å². The van der Waals surface area contributed by atoms with E-state index >= 15 is 0 Å². The zero-order valence-electron chi connectivity index (χ0n) is 7.93. The molecule has 0 aliphatic rings. The van der Waals surface area contributed by atoms with Crippen LogP contribution in [0.1, 0.15) is 19.1 Å². The van der Waals surface area contributed by atoms with Crippen molar-refractivity contribution in [2.24, 2.45) is 5.14 Å². The summed E-state index contributed by atoms with van der Waals surface area (Å²) in [5, 5.41) is 4.82. The number of hydrogen-bond acceptors (Lipinski definition) is 3. The summed E-state index contributed by atoms with van der Waals surface area (Å²) in [4.78, 5) is 0. The molecule has 3 N–H and O–H groups in total. The zero-order valence-corrected chi connectivity index (χ0v) is 8.75. The number of furan rings is 1. The first-order valence-corrected chi connectivity index (χ1v) is 5.84. The molecule has 0 aliphatic carbocycles. The van der Waals surface area contributed by atoms with E-state index in [4.69, 9.17) is 9.56 Å². The van der Waals surface area contributed by atoms with E-state index in [0.29, 0.717) is 12.8 Å². The first-order chi connectivity index (χ1) is 6.47. The van der Waals surface area contributed by atoms with Gasteiger partial charge >= 0.3 is 0 Å². The number of nitrogens with one attached hydrogen (secondary N) is 1. The molecule has 0 fully saturated rings. The van der Waals surface area contributed by atoms with E-state index in [0.717, 1.165) is 5.76 Å². The Balaban J connectivity index is 2.32. The highest BCUT2D eigenvalue weighted by molar-refractivity contribution is 7.87. The van der Waals surface area contributed by atoms with Crippen molar-refractivity contribution in [1.29, 1.82) is 0 Å². The Kier molecular flexibility index (Phi) is 3.68. The molecule has 14 heavy (non-hydrogen) atoms. The maximum Gasteiger partial charge on any atom is 0.274 e. The van der Waals surface area contributed by atoms with E-state index in [2.05, 4.69) is 4.72 Å². The topological polar surface area (TPSA) is 85.3 Å². The molecule has 0 saturated carbocycles. The largest absolute Gasteiger partial charge is 0.469 e. The Morgan fingerprint density at radius 2 is 2.36 bits per heavy atom. The van der Waals surface area contributed by atoms with Gasteiger partial charge in [0.1, 0.15) is 5.76 Å². The Morgan fingerprint density at radius 3 is 2.86 bits per heavy atom. The molecule has 1 unspecified atom stereocenters. The summed E-state index contributed by atoms with van der Waals surface area (Å²) >= 11 is 0. The van der Waals surface area contributed by atoms with Gasteiger partial charge in [-0.3, -0.25) is 0 Å². The number of rotatable bonds is 5. The molecule has 1 heterocycles. The third kappa shape index (κ3) is 4.40. The molecule has 6 heteroatoms. The fourth-order valence-electron chi connectivity index (χ4n) is 1.15. The lowest BCUT2D eigenvalue weighted by Crippen LogP contribution is -2.37. The fourth-order valence-corrected chi connectivity index (χ4v) is 1.83. The SMILES string of the molecule is CC(CCc1ccco1)NS(N)(=O)=O. The third-order valence-electron chi connectivity index (χ3n) is 1.77. The van der Waals surface area contributed by atoms with Crippen LogP contribution in [0.15, 0.2) is 22.8 Å². The predicted molar refractivity (Wildman–Crippen MR) is 52.7 cm³/mol. The average molecular weight is 218 g/mol. The van der Waals surface area contributed by atoms with Crippen LogP contribution in [0.4, 0.5) is 0 Å². The van der Waals surface area contributed by atoms with Crippen molar-refractivity contribution in [3.63, 3.8) is 0 Å². The molecule has 0 saturated heterocycles. The molecule has 0 aliphatic heterocycles. The van der Waals surface area contributed by atoms with Crippen LogP contribution in [0, 0.1) is 0 Å². The van der Waals surface area contributed by atoms with Crippen LogP contribution in [0.25, 0.3) is 0 Å². The van der Waals surface area contributed by atoms with Gasteiger partial charge in [0.2, 0.25) is 0 Å². The van der Waals surface area contributed by atoms with E-state index in [9.17, 15) is 8.42 Å². The van der Waals surface area contributed by atoms with E-state index < -0.39 is 10.2 Å². The summed E-state index contributed by atoms with van der Waals surface area (Å²) in [6, 6.07) is 3.46. The zero-order chi connectivity index (χ0) is 10.6. The Hall–Kier alpha value is -0.850. The molecule has 1 rings (SSSR count). The lowest BCUT2D eigenvalue weighted by molar-refractivity contribution is 0.480. The van der Waals surface area contributed by atoms with Crippen LogP contribution in [-0.4, -0.2) is 14.5 Å². The lowest BCUT2D eigenvalue weighted by Gasteiger charge is -2.10. The smallest absolute Gasteiger partial charge is 0.274 e. The first-order valence-electron chi connectivity index (χ1n) is 4.30. The molecule has 0 aromatic carbocycles. The summed E-state index contributed by atoms with van der Waals surface area (Å²) < 4.78 is 28.7. The summed E-state index contributed by atoms with van der Waals surface area (Å²) in [5.41, 5.74) is 0. The summed E-state index contributed by atoms with van der Waals surface area (Å²) in [6.45, 7) is 1.76. The maximum absolute atomic E-state index is 10.6. The van der Waals surface area contributed by atoms with Crippen LogP contribution in [0.3, 0.4) is 0 Å². The fraction of sp³-hybridized carbons (Fsp3) is 0.500. The van der Waals surface area contributed by atoms with Crippen molar-refractivity contribution < 1.29 is 12.8 Å². The molecular formula is C8H14N2O3S. The minimum Gasteiger partial charge on any atom is -0.469 e. The van der Waals surface area contributed by atoms with E-state index in [1.54, 1.807) is 19.3 Å². The van der Waals surface area contributed by atoms with Crippen molar-refractivity contribution >= 4 is 10.2 Å². The van der Waals surface area contributed by atoms with Crippen molar-refractivity contribution in [3.05, 3.63) is 24.2 Å². The maximum atomic E-state index is 10.6. The predicted octanol–water partition coefficient (Wildman–Crippen LogP) is 0.394. The van der Waals surface area contributed by atoms with E-state index in [-0.39, 0.29) is 6.04 Å². The van der Waals surface area contributed by atoms with E-state index in [1.165, 1.54) is 0 Å². The lowest BCUT2D eigenvalue weighted by atomic mass is 10.2. The van der Waals surface area contributed by atoms with Gasteiger partial charge in [-0.05, 0) is 25.5 Å². The number of nitrogens with two attached hydrogens (primary N) is 1. The summed E-state index contributed by atoms with van der Waals surface area (Å²) in [6.07, 6.45) is 2.94. The molecule has 5 nitrogen and oxygen atoms in total. The van der Waals surface area contributed by atoms with Gasteiger partial charge in [0, 0.05) is 12.5 Å². The van der Waals surface area contributed by atoms with Crippen molar-refractivity contribution in [2.75, 3.05) is 0 Å². The molecule has 0 bridgehead atoms. The monoisotopic (exact) mass is 218 g/mol. The van der Waals surface area contributed by atoms with E-state index in [1.807, 2.05) is 6.07 Å². The second kappa shape index (κ2) is 4.59. The molecule has 0 radical (unpaired) electrons. The molecular weight excluding hydrogens is 204 g/mol. The van der Waals surface area contributed by atoms with Crippen molar-refractivity contribution in [1.82, 2.24) is 4.72 Å². The minimum atomic E-state index is -3.59. The second-order valence-electron chi connectivity index (χ2n) is 3.18. The van der Waals surface area contributed by atoms with Gasteiger partial charge in [-0.15, -0.1) is 0 Å². The van der Waals surface area contributed by atoms with Crippen LogP contribution in [0.2, 0.25) is 0 Å². The second-order valence-corrected chi connectivity index (χ2v) is 4.51. The standard InChI is InChI=1S/C8H14N2O3S/c1-7(10-14(9,11)12)4-5-8-3-2-6-13-8/h2-3,6-7,10H,4-5H2,1H3,(H2,9,11,12). The van der Waals surface area contributed by atoms with Crippen LogP contribution in [-0.2, 0) is 16.6 Å². The van der Waals surface area contributed by atoms with Gasteiger partial charge < -0.3 is 4.42 Å². The van der Waals surface area contributed by atoms with Gasteiger partial charge in [0.15, 0.2) is 0 Å². The highest BCUT2D eigenvalue weighted by Gasteiger charge is 2.09. The van der Waals surface area contributed by atoms with Gasteiger partial charge in [-0.1, -0.05) is 0 Å². The van der Waals surface area contributed by atoms with Crippen LogP contribution >= 0.6 is 0 Å². The quantitative estimate of drug-likeness (QED) is 0.749. The Morgan fingerprint density at radius 1 is 1.64 bits per heavy atom. The summed E-state index contributed by atoms with van der Waals surface area (Å²) in [7, 11) is -3.59. The average Bonchev–Trinajstić information content (AvgIpc) is 2.49. The number of hydrogen-bond donors (Lipinski definition) is 2. The van der Waals surface area contributed by atoms with Gasteiger partial charge in [-0.2, -0.15) is 13.1 Å². The Bertz CT molecular complexity index is 358. The van der Waals surface area contributed by atoms with Gasteiger partial charge in [0.25, 0.3) is 10.2 Å². The number of aryl methyl sites for hydroxylation is 1. The highest BCUT2D eigenvalue weighted by Crippen LogP contribution is 2.05. The molecule has 1 aromatic heterocycles. The highest BCUT2D eigenvalue weighted by atomic mass is 32.2. The molecule has 80 valence electrons.